The minimum Gasteiger partial charge on any atom is -0.486 e. The molecular weight excluding hydrogens is 477 g/mol. The molecule has 1 aromatic carbocycles. The fraction of sp³-hybridized carbons (Fsp3) is 0.440. The predicted octanol–water partition coefficient (Wildman–Crippen LogP) is 4.18. The van der Waals surface area contributed by atoms with Crippen molar-refractivity contribution in [3.8, 4) is 5.75 Å². The zero-order valence-corrected chi connectivity index (χ0v) is 19.8. The van der Waals surface area contributed by atoms with E-state index in [0.717, 1.165) is 25.3 Å². The number of carbonyl (C=O) groups excluding carboxylic acids is 1. The Labute approximate surface area is 204 Å². The topological polar surface area (TPSA) is 97.4 Å². The second-order valence-corrected chi connectivity index (χ2v) is 9.34. The summed E-state index contributed by atoms with van der Waals surface area (Å²) in [5.74, 6) is 0.324. The number of nitrogens with one attached hydrogen (secondary N) is 1. The van der Waals surface area contributed by atoms with Crippen LogP contribution in [0.15, 0.2) is 35.1 Å². The molecule has 11 heteroatoms. The number of H-pyrrole nitrogens is 1. The smallest absolute Gasteiger partial charge is 0.433 e. The number of aryl methyl sites for hydroxylation is 1. The maximum atomic E-state index is 13.8. The highest BCUT2D eigenvalue weighted by atomic mass is 19.4. The van der Waals surface area contributed by atoms with Crippen LogP contribution in [-0.2, 0) is 10.9 Å². The quantitative estimate of drug-likeness (QED) is 0.575. The van der Waals surface area contributed by atoms with Gasteiger partial charge in [0.15, 0.2) is 11.3 Å². The number of halogens is 3. The molecule has 5 rings (SSSR count). The third kappa shape index (κ3) is 4.55. The minimum absolute atomic E-state index is 0.0604. The number of alkyl halides is 3. The summed E-state index contributed by atoms with van der Waals surface area (Å²) in [6.07, 6.45) is -2.86. The second kappa shape index (κ2) is 8.88. The molecule has 1 aliphatic heterocycles. The number of hydrogen-bond acceptors (Lipinski definition) is 6. The van der Waals surface area contributed by atoms with Gasteiger partial charge in [0.1, 0.15) is 17.7 Å². The highest BCUT2D eigenvalue weighted by Gasteiger charge is 2.43. The molecule has 8 nitrogen and oxygen atoms in total. The summed E-state index contributed by atoms with van der Waals surface area (Å²) in [6.45, 7) is 4.49. The Balaban J connectivity index is 1.37. The molecule has 2 fully saturated rings. The highest BCUT2D eigenvalue weighted by Crippen LogP contribution is 2.39. The monoisotopic (exact) mass is 502 g/mol. The lowest BCUT2D eigenvalue weighted by molar-refractivity contribution is -0.142. The van der Waals surface area contributed by atoms with Gasteiger partial charge in [-0.2, -0.15) is 13.2 Å². The third-order valence-electron chi connectivity index (χ3n) is 6.77. The van der Waals surface area contributed by atoms with Gasteiger partial charge in [-0.1, -0.05) is 0 Å². The van der Waals surface area contributed by atoms with E-state index in [1.807, 2.05) is 0 Å². The van der Waals surface area contributed by atoms with E-state index in [2.05, 4.69) is 15.0 Å². The summed E-state index contributed by atoms with van der Waals surface area (Å²) in [7, 11) is 0. The Morgan fingerprint density at radius 2 is 1.94 bits per heavy atom. The van der Waals surface area contributed by atoms with E-state index in [1.165, 1.54) is 13.8 Å². The molecule has 1 N–H and O–H groups in total. The molecule has 0 bridgehead atoms. The van der Waals surface area contributed by atoms with E-state index >= 15 is 0 Å². The lowest BCUT2D eigenvalue weighted by atomic mass is 9.79. The normalized spacial score (nSPS) is 18.2. The molecule has 1 saturated carbocycles. The van der Waals surface area contributed by atoms with Crippen molar-refractivity contribution in [1.29, 1.82) is 0 Å². The summed E-state index contributed by atoms with van der Waals surface area (Å²) in [5, 5.41) is -0.0604. The van der Waals surface area contributed by atoms with Gasteiger partial charge >= 0.3 is 6.18 Å². The molecule has 1 saturated heterocycles. The summed E-state index contributed by atoms with van der Waals surface area (Å²) in [6, 6.07) is 7.39. The number of rotatable bonds is 4. The number of aromatic amines is 1. The van der Waals surface area contributed by atoms with Gasteiger partial charge in [-0.3, -0.25) is 9.59 Å². The molecule has 0 unspecified atom stereocenters. The molecule has 3 heterocycles. The molecule has 1 atom stereocenters. The van der Waals surface area contributed by atoms with Gasteiger partial charge in [-0.15, -0.1) is 0 Å². The fourth-order valence-electron chi connectivity index (χ4n) is 4.74. The number of aromatic nitrogens is 3. The Morgan fingerprint density at radius 3 is 2.58 bits per heavy atom. The lowest BCUT2D eigenvalue weighted by Crippen LogP contribution is -2.57. The van der Waals surface area contributed by atoms with Crippen molar-refractivity contribution in [2.75, 3.05) is 19.7 Å². The zero-order valence-electron chi connectivity index (χ0n) is 19.8. The van der Waals surface area contributed by atoms with Crippen molar-refractivity contribution in [2.45, 2.75) is 51.0 Å². The van der Waals surface area contributed by atoms with Gasteiger partial charge in [-0.25, -0.2) is 9.97 Å². The van der Waals surface area contributed by atoms with Gasteiger partial charge in [0.05, 0.1) is 24.1 Å². The van der Waals surface area contributed by atoms with E-state index in [1.54, 1.807) is 29.2 Å². The number of fused-ring (bicyclic) bond motifs is 1. The Hall–Kier alpha value is -3.47. The van der Waals surface area contributed by atoms with E-state index in [0.29, 0.717) is 25.3 Å². The van der Waals surface area contributed by atoms with Crippen molar-refractivity contribution in [1.82, 2.24) is 19.9 Å². The first-order valence-electron chi connectivity index (χ1n) is 11.7. The molecule has 1 amide bonds. The summed E-state index contributed by atoms with van der Waals surface area (Å²) in [5.41, 5.74) is -2.07. The van der Waals surface area contributed by atoms with Crippen molar-refractivity contribution in [3.05, 3.63) is 63.3 Å². The number of morpholine rings is 1. The summed E-state index contributed by atoms with van der Waals surface area (Å²) in [4.78, 5) is 37.1. The molecule has 3 aromatic rings. The molecule has 1 spiro atoms. The third-order valence-corrected chi connectivity index (χ3v) is 6.77. The van der Waals surface area contributed by atoms with Gasteiger partial charge in [0, 0.05) is 17.7 Å². The van der Waals surface area contributed by atoms with E-state index in [9.17, 15) is 22.8 Å². The van der Waals surface area contributed by atoms with Crippen molar-refractivity contribution in [2.24, 2.45) is 0 Å². The molecule has 2 aliphatic rings. The van der Waals surface area contributed by atoms with Gasteiger partial charge < -0.3 is 19.4 Å². The zero-order chi connectivity index (χ0) is 25.7. The molecule has 2 aromatic heterocycles. The predicted molar refractivity (Wildman–Crippen MR) is 124 cm³/mol. The standard InChI is InChI=1S/C25H25F3N4O4/c1-14(18-12-19-21(29-15(2)30-22(19)33)31-20(18)25(26,27)28)36-17-6-4-16(5-7-17)23(34)32-10-11-35-24(13-32)8-3-9-24/h4-7,12,14H,3,8-11,13H2,1-2H3,(H,29,30,31,33)/t14-/m0/s1. The minimum atomic E-state index is -4.77. The van der Waals surface area contributed by atoms with Crippen molar-refractivity contribution in [3.63, 3.8) is 0 Å². The number of pyridine rings is 1. The summed E-state index contributed by atoms with van der Waals surface area (Å²) >= 11 is 0. The van der Waals surface area contributed by atoms with Crippen LogP contribution < -0.4 is 10.3 Å². The van der Waals surface area contributed by atoms with Crippen LogP contribution in [0.5, 0.6) is 5.75 Å². The van der Waals surface area contributed by atoms with E-state index in [4.69, 9.17) is 9.47 Å². The number of amides is 1. The molecular formula is C25H25F3N4O4. The first-order chi connectivity index (χ1) is 17.0. The van der Waals surface area contributed by atoms with Crippen LogP contribution in [-0.4, -0.2) is 51.1 Å². The van der Waals surface area contributed by atoms with Crippen LogP contribution in [0.4, 0.5) is 13.2 Å². The van der Waals surface area contributed by atoms with Crippen LogP contribution in [0.2, 0.25) is 0 Å². The average molecular weight is 502 g/mol. The van der Waals surface area contributed by atoms with Gasteiger partial charge in [0.2, 0.25) is 0 Å². The fourth-order valence-corrected chi connectivity index (χ4v) is 4.74. The van der Waals surface area contributed by atoms with Crippen LogP contribution >= 0.6 is 0 Å². The average Bonchev–Trinajstić information content (AvgIpc) is 2.82. The van der Waals surface area contributed by atoms with Crippen LogP contribution in [0.25, 0.3) is 11.0 Å². The number of carbonyl (C=O) groups is 1. The van der Waals surface area contributed by atoms with Crippen molar-refractivity contribution < 1.29 is 27.4 Å². The molecule has 0 radical (unpaired) electrons. The second-order valence-electron chi connectivity index (χ2n) is 9.34. The van der Waals surface area contributed by atoms with Gasteiger partial charge in [-0.05, 0) is 63.4 Å². The maximum Gasteiger partial charge on any atom is 0.433 e. The number of benzene rings is 1. The number of nitrogens with zero attached hydrogens (tertiary/aromatic N) is 3. The summed E-state index contributed by atoms with van der Waals surface area (Å²) < 4.78 is 53.0. The maximum absolute atomic E-state index is 13.8. The Bertz CT molecular complexity index is 1370. The van der Waals surface area contributed by atoms with Crippen molar-refractivity contribution >= 4 is 16.9 Å². The first kappa shape index (κ1) is 24.2. The highest BCUT2D eigenvalue weighted by molar-refractivity contribution is 5.94. The largest absolute Gasteiger partial charge is 0.486 e. The SMILES string of the molecule is Cc1nc2nc(C(F)(F)F)c([C@H](C)Oc3ccc(C(=O)N4CCOC5(CCC5)C4)cc3)cc2c(=O)[nH]1. The van der Waals surface area contributed by atoms with E-state index < -0.39 is 23.5 Å². The van der Waals surface area contributed by atoms with E-state index in [-0.39, 0.29) is 39.7 Å². The first-order valence-corrected chi connectivity index (χ1v) is 11.7. The van der Waals surface area contributed by atoms with Crippen LogP contribution in [0.3, 0.4) is 0 Å². The number of hydrogen-bond donors (Lipinski definition) is 1. The molecule has 190 valence electrons. The van der Waals surface area contributed by atoms with Gasteiger partial charge in [0.25, 0.3) is 11.5 Å². The Kier molecular flexibility index (Phi) is 5.98. The van der Waals surface area contributed by atoms with Crippen LogP contribution in [0, 0.1) is 6.92 Å². The molecule has 1 aliphatic carbocycles. The molecule has 36 heavy (non-hydrogen) atoms. The Morgan fingerprint density at radius 1 is 1.22 bits per heavy atom. The van der Waals surface area contributed by atoms with Crippen LogP contribution in [0.1, 0.15) is 59.7 Å². The number of ether oxygens (including phenoxy) is 2. The lowest BCUT2D eigenvalue weighted by Gasteiger charge is -2.48.